The van der Waals surface area contributed by atoms with Gasteiger partial charge in [0.05, 0.1) is 24.9 Å². The molecule has 0 spiro atoms. The topological polar surface area (TPSA) is 64.4 Å². The number of carbonyl (C=O) groups is 1. The lowest BCUT2D eigenvalue weighted by Crippen LogP contribution is -2.23. The van der Waals surface area contributed by atoms with Gasteiger partial charge in [0.1, 0.15) is 17.3 Å². The first-order valence-corrected chi connectivity index (χ1v) is 6.88. The van der Waals surface area contributed by atoms with Crippen LogP contribution in [-0.2, 0) is 6.54 Å². The molecule has 1 amide bonds. The molecular weight excluding hydrogens is 268 g/mol. The molecule has 0 bridgehead atoms. The highest BCUT2D eigenvalue weighted by atomic mass is 16.5. The first-order valence-electron chi connectivity index (χ1n) is 6.88. The molecule has 0 atom stereocenters. The number of nitrogens with zero attached hydrogens (tertiary/aromatic N) is 1. The Kier molecular flexibility index (Phi) is 4.62. The fraction of sp³-hybridized carbons (Fsp3) is 0.375. The quantitative estimate of drug-likeness (QED) is 0.918. The second kappa shape index (κ2) is 6.43. The lowest BCUT2D eigenvalue weighted by Gasteiger charge is -2.05. The van der Waals surface area contributed by atoms with Crippen LogP contribution in [0.2, 0.25) is 0 Å². The van der Waals surface area contributed by atoms with E-state index in [0.29, 0.717) is 17.9 Å². The van der Waals surface area contributed by atoms with Crippen molar-refractivity contribution in [3.63, 3.8) is 0 Å². The third-order valence-corrected chi connectivity index (χ3v) is 3.20. The van der Waals surface area contributed by atoms with E-state index in [1.54, 1.807) is 38.4 Å². The van der Waals surface area contributed by atoms with Crippen molar-refractivity contribution in [3.05, 3.63) is 47.2 Å². The van der Waals surface area contributed by atoms with Gasteiger partial charge < -0.3 is 14.5 Å². The van der Waals surface area contributed by atoms with Crippen molar-refractivity contribution in [2.45, 2.75) is 33.2 Å². The Bertz CT molecular complexity index is 632. The maximum atomic E-state index is 12.2. The largest absolute Gasteiger partial charge is 0.497 e. The fourth-order valence-electron chi connectivity index (χ4n) is 1.96. The van der Waals surface area contributed by atoms with Gasteiger partial charge in [0.15, 0.2) is 0 Å². The first-order chi connectivity index (χ1) is 10.0. The third kappa shape index (κ3) is 3.62. The summed E-state index contributed by atoms with van der Waals surface area (Å²) in [6, 6.07) is 5.36. The Labute approximate surface area is 124 Å². The number of amides is 1. The van der Waals surface area contributed by atoms with E-state index in [1.807, 2.05) is 13.8 Å². The standard InChI is InChI=1S/C16H20N2O3/c1-10(2)15-8-14(11(3)21-15)16(19)18-9-12-7-13(20-4)5-6-17-12/h5-8,10H,9H2,1-4H3,(H,18,19). The van der Waals surface area contributed by atoms with E-state index in [9.17, 15) is 4.79 Å². The lowest BCUT2D eigenvalue weighted by atomic mass is 10.1. The van der Waals surface area contributed by atoms with Gasteiger partial charge in [-0.25, -0.2) is 0 Å². The van der Waals surface area contributed by atoms with Crippen LogP contribution >= 0.6 is 0 Å². The highest BCUT2D eigenvalue weighted by molar-refractivity contribution is 5.95. The van der Waals surface area contributed by atoms with E-state index in [0.717, 1.165) is 17.2 Å². The van der Waals surface area contributed by atoms with Gasteiger partial charge in [-0.1, -0.05) is 13.8 Å². The van der Waals surface area contributed by atoms with Crippen molar-refractivity contribution in [2.24, 2.45) is 0 Å². The van der Waals surface area contributed by atoms with E-state index < -0.39 is 0 Å². The molecule has 0 aliphatic rings. The molecule has 0 fully saturated rings. The minimum atomic E-state index is -0.159. The Balaban J connectivity index is 2.04. The Hall–Kier alpha value is -2.30. The number of furan rings is 1. The molecule has 0 aliphatic carbocycles. The smallest absolute Gasteiger partial charge is 0.255 e. The molecule has 2 heterocycles. The summed E-state index contributed by atoms with van der Waals surface area (Å²) < 4.78 is 10.7. The van der Waals surface area contributed by atoms with Crippen molar-refractivity contribution in [1.29, 1.82) is 0 Å². The van der Waals surface area contributed by atoms with Crippen LogP contribution in [0.25, 0.3) is 0 Å². The number of hydrogen-bond donors (Lipinski definition) is 1. The van der Waals surface area contributed by atoms with Gasteiger partial charge >= 0.3 is 0 Å². The number of nitrogens with one attached hydrogen (secondary N) is 1. The van der Waals surface area contributed by atoms with Crippen LogP contribution in [0.1, 0.15) is 47.3 Å². The maximum absolute atomic E-state index is 12.2. The van der Waals surface area contributed by atoms with Gasteiger partial charge in [-0.15, -0.1) is 0 Å². The maximum Gasteiger partial charge on any atom is 0.255 e. The van der Waals surface area contributed by atoms with Crippen LogP contribution in [0.4, 0.5) is 0 Å². The van der Waals surface area contributed by atoms with Gasteiger partial charge in [0.25, 0.3) is 5.91 Å². The van der Waals surface area contributed by atoms with E-state index in [2.05, 4.69) is 10.3 Å². The molecule has 0 saturated carbocycles. The molecule has 5 nitrogen and oxygen atoms in total. The molecule has 0 aromatic carbocycles. The minimum Gasteiger partial charge on any atom is -0.497 e. The van der Waals surface area contributed by atoms with Crippen LogP contribution in [0, 0.1) is 6.92 Å². The normalized spacial score (nSPS) is 10.7. The van der Waals surface area contributed by atoms with Gasteiger partial charge in [0, 0.05) is 18.2 Å². The van der Waals surface area contributed by atoms with Crippen LogP contribution < -0.4 is 10.1 Å². The van der Waals surface area contributed by atoms with Crippen molar-refractivity contribution in [1.82, 2.24) is 10.3 Å². The molecule has 5 heteroatoms. The van der Waals surface area contributed by atoms with E-state index in [4.69, 9.17) is 9.15 Å². The average molecular weight is 288 g/mol. The van der Waals surface area contributed by atoms with Crippen LogP contribution in [0.15, 0.2) is 28.8 Å². The Morgan fingerprint density at radius 2 is 2.19 bits per heavy atom. The molecule has 0 unspecified atom stereocenters. The molecular formula is C16H20N2O3. The highest BCUT2D eigenvalue weighted by Crippen LogP contribution is 2.21. The Morgan fingerprint density at radius 3 is 2.81 bits per heavy atom. The minimum absolute atomic E-state index is 0.159. The predicted octanol–water partition coefficient (Wildman–Crippen LogP) is 3.05. The lowest BCUT2D eigenvalue weighted by molar-refractivity contribution is 0.0949. The van der Waals surface area contributed by atoms with Crippen molar-refractivity contribution >= 4 is 5.91 Å². The number of rotatable bonds is 5. The summed E-state index contributed by atoms with van der Waals surface area (Å²) in [6.07, 6.45) is 1.65. The number of hydrogen-bond acceptors (Lipinski definition) is 4. The molecule has 21 heavy (non-hydrogen) atoms. The van der Waals surface area contributed by atoms with Gasteiger partial charge in [-0.3, -0.25) is 9.78 Å². The zero-order valence-corrected chi connectivity index (χ0v) is 12.8. The number of ether oxygens (including phenoxy) is 1. The SMILES string of the molecule is COc1ccnc(CNC(=O)c2cc(C(C)C)oc2C)c1. The summed E-state index contributed by atoms with van der Waals surface area (Å²) in [5.74, 6) is 2.26. The van der Waals surface area contributed by atoms with Crippen LogP contribution in [0.5, 0.6) is 5.75 Å². The summed E-state index contributed by atoms with van der Waals surface area (Å²) in [5, 5.41) is 2.84. The second-order valence-corrected chi connectivity index (χ2v) is 5.14. The third-order valence-electron chi connectivity index (χ3n) is 3.20. The van der Waals surface area contributed by atoms with Gasteiger partial charge in [-0.2, -0.15) is 0 Å². The number of methoxy groups -OCH3 is 1. The molecule has 0 saturated heterocycles. The molecule has 1 N–H and O–H groups in total. The zero-order chi connectivity index (χ0) is 15.4. The monoisotopic (exact) mass is 288 g/mol. The summed E-state index contributed by atoms with van der Waals surface area (Å²) >= 11 is 0. The number of aryl methyl sites for hydroxylation is 1. The fourth-order valence-corrected chi connectivity index (χ4v) is 1.96. The van der Waals surface area contributed by atoms with E-state index in [-0.39, 0.29) is 11.8 Å². The first kappa shape index (κ1) is 15.1. The van der Waals surface area contributed by atoms with Crippen LogP contribution in [0.3, 0.4) is 0 Å². The Morgan fingerprint density at radius 1 is 1.43 bits per heavy atom. The van der Waals surface area contributed by atoms with Gasteiger partial charge in [-0.05, 0) is 19.1 Å². The van der Waals surface area contributed by atoms with Crippen molar-refractivity contribution in [3.8, 4) is 5.75 Å². The number of aromatic nitrogens is 1. The van der Waals surface area contributed by atoms with E-state index in [1.165, 1.54) is 0 Å². The molecule has 0 aliphatic heterocycles. The predicted molar refractivity (Wildman–Crippen MR) is 79.5 cm³/mol. The number of pyridine rings is 1. The van der Waals surface area contributed by atoms with Crippen molar-refractivity contribution < 1.29 is 13.9 Å². The average Bonchev–Trinajstić information content (AvgIpc) is 2.87. The molecule has 0 radical (unpaired) electrons. The van der Waals surface area contributed by atoms with Crippen LogP contribution in [-0.4, -0.2) is 18.0 Å². The summed E-state index contributed by atoms with van der Waals surface area (Å²) in [6.45, 7) is 6.20. The molecule has 2 aromatic heterocycles. The molecule has 2 rings (SSSR count). The summed E-state index contributed by atoms with van der Waals surface area (Å²) in [7, 11) is 1.60. The molecule has 2 aromatic rings. The summed E-state index contributed by atoms with van der Waals surface area (Å²) in [4.78, 5) is 16.4. The summed E-state index contributed by atoms with van der Waals surface area (Å²) in [5.41, 5.74) is 1.31. The van der Waals surface area contributed by atoms with E-state index >= 15 is 0 Å². The highest BCUT2D eigenvalue weighted by Gasteiger charge is 2.16. The number of carbonyl (C=O) groups excluding carboxylic acids is 1. The van der Waals surface area contributed by atoms with Crippen molar-refractivity contribution in [2.75, 3.05) is 7.11 Å². The zero-order valence-electron chi connectivity index (χ0n) is 12.8. The second-order valence-electron chi connectivity index (χ2n) is 5.14. The van der Waals surface area contributed by atoms with Gasteiger partial charge in [0.2, 0.25) is 0 Å². The molecule has 112 valence electrons.